The van der Waals surface area contributed by atoms with Gasteiger partial charge in [-0.05, 0) is 18.6 Å². The average molecular weight is 378 g/mol. The molecule has 3 rings (SSSR count). The van der Waals surface area contributed by atoms with Crippen LogP contribution in [0, 0.1) is 5.82 Å². The van der Waals surface area contributed by atoms with Crippen molar-refractivity contribution in [3.63, 3.8) is 0 Å². The molecule has 0 aromatic heterocycles. The second-order valence-corrected chi connectivity index (χ2v) is 6.34. The van der Waals surface area contributed by atoms with E-state index in [1.807, 2.05) is 4.90 Å². The Hall–Kier alpha value is -1.08. The van der Waals surface area contributed by atoms with E-state index in [0.29, 0.717) is 11.8 Å². The Morgan fingerprint density at radius 1 is 1.33 bits per heavy atom. The molecule has 0 radical (unpaired) electrons. The number of nitrogens with one attached hydrogen (secondary N) is 1. The molecule has 5 nitrogen and oxygen atoms in total. The second-order valence-electron chi connectivity index (χ2n) is 5.93. The number of carbonyl (C=O) groups excluding carboxylic acids is 1. The Kier molecular flexibility index (Phi) is 7.10. The van der Waals surface area contributed by atoms with E-state index in [9.17, 15) is 9.18 Å². The number of hydrogen-bond donors (Lipinski definition) is 1. The number of hydrogen-bond acceptors (Lipinski definition) is 4. The van der Waals surface area contributed by atoms with Crippen LogP contribution < -0.4 is 10.1 Å². The van der Waals surface area contributed by atoms with Crippen molar-refractivity contribution in [3.05, 3.63) is 29.0 Å². The summed E-state index contributed by atoms with van der Waals surface area (Å²) in [7, 11) is 0. The third kappa shape index (κ3) is 4.72. The first kappa shape index (κ1) is 19.2. The number of likely N-dealkylation sites (tertiary alicyclic amines) is 1. The Bertz CT molecular complexity index is 570. The predicted molar refractivity (Wildman–Crippen MR) is 93.6 cm³/mol. The molecule has 0 bridgehead atoms. The SMILES string of the molecule is Cl.O=C(COc1ccc(F)c(Cl)c1)N1CCC(N2CCNCC2)C1. The topological polar surface area (TPSA) is 44.8 Å². The molecule has 2 fully saturated rings. The van der Waals surface area contributed by atoms with Gasteiger partial charge in [0.2, 0.25) is 0 Å². The van der Waals surface area contributed by atoms with Crippen LogP contribution in [0.1, 0.15) is 6.42 Å². The van der Waals surface area contributed by atoms with Gasteiger partial charge in [0.15, 0.2) is 6.61 Å². The van der Waals surface area contributed by atoms with Gasteiger partial charge in [-0.1, -0.05) is 11.6 Å². The van der Waals surface area contributed by atoms with E-state index in [0.717, 1.165) is 45.7 Å². The number of halogens is 3. The molecule has 1 atom stereocenters. The zero-order valence-corrected chi connectivity index (χ0v) is 14.9. The highest BCUT2D eigenvalue weighted by Crippen LogP contribution is 2.21. The van der Waals surface area contributed by atoms with Gasteiger partial charge >= 0.3 is 0 Å². The maximum Gasteiger partial charge on any atom is 0.260 e. The number of carbonyl (C=O) groups is 1. The summed E-state index contributed by atoms with van der Waals surface area (Å²) in [6.45, 7) is 5.58. The van der Waals surface area contributed by atoms with Crippen molar-refractivity contribution in [2.45, 2.75) is 12.5 Å². The molecule has 1 aromatic carbocycles. The van der Waals surface area contributed by atoms with Crippen molar-refractivity contribution in [3.8, 4) is 5.75 Å². The lowest BCUT2D eigenvalue weighted by Crippen LogP contribution is -2.49. The first-order chi connectivity index (χ1) is 11.1. The van der Waals surface area contributed by atoms with Gasteiger partial charge in [0.25, 0.3) is 5.91 Å². The minimum absolute atomic E-state index is 0. The molecule has 0 aliphatic carbocycles. The molecule has 1 N–H and O–H groups in total. The van der Waals surface area contributed by atoms with Crippen molar-refractivity contribution in [2.24, 2.45) is 0 Å². The fourth-order valence-electron chi connectivity index (χ4n) is 3.12. The van der Waals surface area contributed by atoms with Crippen LogP contribution in [0.3, 0.4) is 0 Å². The van der Waals surface area contributed by atoms with E-state index in [1.54, 1.807) is 0 Å². The molecular formula is C16H22Cl2FN3O2. The zero-order chi connectivity index (χ0) is 16.2. The standard InChI is InChI=1S/C16H21ClFN3O2.ClH/c17-14-9-13(1-2-15(14)18)23-11-16(22)21-6-3-12(10-21)20-7-4-19-5-8-20;/h1-2,9,12,19H,3-8,10-11H2;1H. The van der Waals surface area contributed by atoms with Crippen LogP contribution in [0.15, 0.2) is 18.2 Å². The van der Waals surface area contributed by atoms with E-state index in [2.05, 4.69) is 10.2 Å². The lowest BCUT2D eigenvalue weighted by atomic mass is 10.2. The van der Waals surface area contributed by atoms with Crippen LogP contribution >= 0.6 is 24.0 Å². The highest BCUT2D eigenvalue weighted by Gasteiger charge is 2.30. The largest absolute Gasteiger partial charge is 0.484 e. The lowest BCUT2D eigenvalue weighted by molar-refractivity contribution is -0.132. The molecule has 1 unspecified atom stereocenters. The summed E-state index contributed by atoms with van der Waals surface area (Å²) in [5.74, 6) is -0.130. The van der Waals surface area contributed by atoms with Crippen molar-refractivity contribution < 1.29 is 13.9 Å². The summed E-state index contributed by atoms with van der Waals surface area (Å²) in [4.78, 5) is 16.6. The minimum Gasteiger partial charge on any atom is -0.484 e. The molecule has 0 saturated carbocycles. The normalized spacial score (nSPS) is 21.4. The number of benzene rings is 1. The van der Waals surface area contributed by atoms with Gasteiger partial charge in [-0.2, -0.15) is 0 Å². The number of amides is 1. The number of rotatable bonds is 4. The predicted octanol–water partition coefficient (Wildman–Crippen LogP) is 1.79. The van der Waals surface area contributed by atoms with E-state index >= 15 is 0 Å². The Labute approximate surface area is 152 Å². The first-order valence-electron chi connectivity index (χ1n) is 7.94. The van der Waals surface area contributed by atoms with E-state index in [-0.39, 0.29) is 29.9 Å². The summed E-state index contributed by atoms with van der Waals surface area (Å²) in [5.41, 5.74) is 0. The van der Waals surface area contributed by atoms with Gasteiger partial charge in [0, 0.05) is 51.4 Å². The maximum absolute atomic E-state index is 13.1. The summed E-state index contributed by atoms with van der Waals surface area (Å²) in [6, 6.07) is 4.54. The Morgan fingerprint density at radius 3 is 2.79 bits per heavy atom. The smallest absolute Gasteiger partial charge is 0.260 e. The highest BCUT2D eigenvalue weighted by molar-refractivity contribution is 6.30. The van der Waals surface area contributed by atoms with Crippen LogP contribution in [0.5, 0.6) is 5.75 Å². The summed E-state index contributed by atoms with van der Waals surface area (Å²) in [5, 5.41) is 3.33. The maximum atomic E-state index is 13.1. The summed E-state index contributed by atoms with van der Waals surface area (Å²) < 4.78 is 18.5. The lowest BCUT2D eigenvalue weighted by Gasteiger charge is -2.32. The number of nitrogens with zero attached hydrogens (tertiary/aromatic N) is 2. The van der Waals surface area contributed by atoms with Crippen LogP contribution in [-0.2, 0) is 4.79 Å². The van der Waals surface area contributed by atoms with Gasteiger partial charge in [-0.3, -0.25) is 9.69 Å². The van der Waals surface area contributed by atoms with Crippen molar-refractivity contribution >= 4 is 29.9 Å². The molecule has 24 heavy (non-hydrogen) atoms. The first-order valence-corrected chi connectivity index (χ1v) is 8.31. The third-order valence-electron chi connectivity index (χ3n) is 4.44. The van der Waals surface area contributed by atoms with Gasteiger partial charge in [-0.25, -0.2) is 4.39 Å². The molecular weight excluding hydrogens is 356 g/mol. The molecule has 8 heteroatoms. The number of ether oxygens (including phenoxy) is 1. The van der Waals surface area contributed by atoms with E-state index in [1.165, 1.54) is 18.2 Å². The van der Waals surface area contributed by atoms with Gasteiger partial charge in [0.05, 0.1) is 5.02 Å². The Balaban J connectivity index is 0.00000208. The summed E-state index contributed by atoms with van der Waals surface area (Å²) in [6.07, 6.45) is 1.01. The van der Waals surface area contributed by atoms with Crippen molar-refractivity contribution in [1.82, 2.24) is 15.1 Å². The van der Waals surface area contributed by atoms with Crippen molar-refractivity contribution in [2.75, 3.05) is 45.9 Å². The fraction of sp³-hybridized carbons (Fsp3) is 0.562. The monoisotopic (exact) mass is 377 g/mol. The molecule has 1 amide bonds. The zero-order valence-electron chi connectivity index (χ0n) is 13.3. The molecule has 134 valence electrons. The van der Waals surface area contributed by atoms with Crippen LogP contribution in [0.2, 0.25) is 5.02 Å². The van der Waals surface area contributed by atoms with E-state index < -0.39 is 5.82 Å². The second kappa shape index (κ2) is 8.85. The molecule has 2 saturated heterocycles. The van der Waals surface area contributed by atoms with Crippen LogP contribution in [-0.4, -0.2) is 67.6 Å². The van der Waals surface area contributed by atoms with Crippen LogP contribution in [0.25, 0.3) is 0 Å². The van der Waals surface area contributed by atoms with E-state index in [4.69, 9.17) is 16.3 Å². The quantitative estimate of drug-likeness (QED) is 0.868. The molecule has 2 aliphatic rings. The molecule has 2 heterocycles. The van der Waals surface area contributed by atoms with Crippen LogP contribution in [0.4, 0.5) is 4.39 Å². The Morgan fingerprint density at radius 2 is 2.08 bits per heavy atom. The highest BCUT2D eigenvalue weighted by atomic mass is 35.5. The average Bonchev–Trinajstić information content (AvgIpc) is 3.06. The van der Waals surface area contributed by atoms with Gasteiger partial charge < -0.3 is 15.0 Å². The van der Waals surface area contributed by atoms with Gasteiger partial charge in [0.1, 0.15) is 11.6 Å². The molecule has 0 spiro atoms. The van der Waals surface area contributed by atoms with Crippen molar-refractivity contribution in [1.29, 1.82) is 0 Å². The number of piperazine rings is 1. The fourth-order valence-corrected chi connectivity index (χ4v) is 3.29. The molecule has 1 aromatic rings. The minimum atomic E-state index is -0.497. The summed E-state index contributed by atoms with van der Waals surface area (Å²) >= 11 is 5.70. The van der Waals surface area contributed by atoms with Gasteiger partial charge in [-0.15, -0.1) is 12.4 Å². The third-order valence-corrected chi connectivity index (χ3v) is 4.73. The molecule has 2 aliphatic heterocycles.